The van der Waals surface area contributed by atoms with Crippen molar-refractivity contribution in [2.45, 2.75) is 11.8 Å². The van der Waals surface area contributed by atoms with Crippen molar-refractivity contribution in [2.24, 2.45) is 0 Å². The predicted molar refractivity (Wildman–Crippen MR) is 88.9 cm³/mol. The van der Waals surface area contributed by atoms with Crippen molar-refractivity contribution in [2.75, 3.05) is 45.6 Å². The summed E-state index contributed by atoms with van der Waals surface area (Å²) in [7, 11) is 1.63. The molecule has 1 fully saturated rings. The molecular formula is C16H22N2O4S. The van der Waals surface area contributed by atoms with E-state index in [1.54, 1.807) is 23.8 Å². The molecule has 1 aromatic rings. The van der Waals surface area contributed by atoms with Crippen LogP contribution in [0.1, 0.15) is 6.92 Å². The lowest BCUT2D eigenvalue weighted by atomic mass is 10.3. The van der Waals surface area contributed by atoms with Crippen LogP contribution in [0.4, 0.5) is 4.79 Å². The van der Waals surface area contributed by atoms with E-state index in [0.29, 0.717) is 38.5 Å². The largest absolute Gasteiger partial charge is 0.497 e. The lowest BCUT2D eigenvalue weighted by Gasteiger charge is -2.34. The summed E-state index contributed by atoms with van der Waals surface area (Å²) in [5, 5.41) is 0. The average Bonchev–Trinajstić information content (AvgIpc) is 2.60. The molecule has 0 aliphatic carbocycles. The number of amides is 2. The molecule has 0 atom stereocenters. The fourth-order valence-electron chi connectivity index (χ4n) is 2.26. The normalized spacial score (nSPS) is 14.5. The second kappa shape index (κ2) is 8.67. The number of nitrogens with zero attached hydrogens (tertiary/aromatic N) is 2. The number of carbonyl (C=O) groups is 2. The minimum Gasteiger partial charge on any atom is -0.497 e. The van der Waals surface area contributed by atoms with Crippen LogP contribution in [-0.2, 0) is 9.53 Å². The summed E-state index contributed by atoms with van der Waals surface area (Å²) in [6.07, 6.45) is -0.299. The molecule has 0 bridgehead atoms. The first kappa shape index (κ1) is 17.5. The van der Waals surface area contributed by atoms with Crippen molar-refractivity contribution in [3.63, 3.8) is 0 Å². The van der Waals surface area contributed by atoms with Gasteiger partial charge in [-0.05, 0) is 31.2 Å². The van der Waals surface area contributed by atoms with Crippen LogP contribution in [0.25, 0.3) is 0 Å². The smallest absolute Gasteiger partial charge is 0.409 e. The zero-order valence-electron chi connectivity index (χ0n) is 13.5. The maximum Gasteiger partial charge on any atom is 0.409 e. The number of hydrogen-bond donors (Lipinski definition) is 0. The zero-order chi connectivity index (χ0) is 16.7. The Morgan fingerprint density at radius 2 is 1.70 bits per heavy atom. The molecule has 0 spiro atoms. The summed E-state index contributed by atoms with van der Waals surface area (Å²) < 4.78 is 10.1. The van der Waals surface area contributed by atoms with Gasteiger partial charge in [0, 0.05) is 31.1 Å². The predicted octanol–water partition coefficient (Wildman–Crippen LogP) is 2.09. The lowest BCUT2D eigenvalue weighted by Crippen LogP contribution is -2.51. The van der Waals surface area contributed by atoms with Crippen LogP contribution in [0.5, 0.6) is 5.75 Å². The van der Waals surface area contributed by atoms with E-state index in [9.17, 15) is 9.59 Å². The minimum atomic E-state index is -0.299. The van der Waals surface area contributed by atoms with Crippen molar-refractivity contribution in [1.29, 1.82) is 0 Å². The van der Waals surface area contributed by atoms with Gasteiger partial charge in [-0.25, -0.2) is 4.79 Å². The first-order valence-electron chi connectivity index (χ1n) is 7.60. The Balaban J connectivity index is 1.75. The van der Waals surface area contributed by atoms with Crippen molar-refractivity contribution >= 4 is 23.8 Å². The maximum absolute atomic E-state index is 12.2. The molecule has 1 aliphatic rings. The van der Waals surface area contributed by atoms with E-state index in [0.717, 1.165) is 10.6 Å². The molecule has 1 aliphatic heterocycles. The molecule has 1 saturated heterocycles. The van der Waals surface area contributed by atoms with Gasteiger partial charge in [0.05, 0.1) is 19.5 Å². The number of benzene rings is 1. The van der Waals surface area contributed by atoms with Crippen molar-refractivity contribution in [3.05, 3.63) is 24.3 Å². The number of ether oxygens (including phenoxy) is 2. The molecule has 0 unspecified atom stereocenters. The Labute approximate surface area is 140 Å². The van der Waals surface area contributed by atoms with E-state index < -0.39 is 0 Å². The Kier molecular flexibility index (Phi) is 6.58. The third kappa shape index (κ3) is 5.06. The van der Waals surface area contributed by atoms with Crippen LogP contribution in [0.15, 0.2) is 29.2 Å². The third-order valence-corrected chi connectivity index (χ3v) is 4.58. The van der Waals surface area contributed by atoms with Crippen molar-refractivity contribution in [3.8, 4) is 5.75 Å². The van der Waals surface area contributed by atoms with Gasteiger partial charge in [-0.15, -0.1) is 11.8 Å². The number of piperazine rings is 1. The molecule has 7 heteroatoms. The van der Waals surface area contributed by atoms with Gasteiger partial charge in [0.15, 0.2) is 0 Å². The van der Waals surface area contributed by atoms with Crippen molar-refractivity contribution in [1.82, 2.24) is 9.80 Å². The fraction of sp³-hybridized carbons (Fsp3) is 0.500. The minimum absolute atomic E-state index is 0.0920. The molecule has 0 saturated carbocycles. The van der Waals surface area contributed by atoms with Gasteiger partial charge in [-0.1, -0.05) is 0 Å². The SMILES string of the molecule is CCOC(=O)N1CCN(C(=O)CSc2ccc(OC)cc2)CC1. The van der Waals surface area contributed by atoms with Crippen LogP contribution in [0, 0.1) is 0 Å². The Morgan fingerprint density at radius 1 is 1.09 bits per heavy atom. The van der Waals surface area contributed by atoms with Crippen LogP contribution in [-0.4, -0.2) is 67.4 Å². The van der Waals surface area contributed by atoms with Gasteiger partial charge in [-0.3, -0.25) is 4.79 Å². The molecule has 0 N–H and O–H groups in total. The van der Waals surface area contributed by atoms with E-state index in [2.05, 4.69) is 0 Å². The van der Waals surface area contributed by atoms with Gasteiger partial charge in [-0.2, -0.15) is 0 Å². The van der Waals surface area contributed by atoms with Crippen LogP contribution in [0.2, 0.25) is 0 Å². The second-order valence-corrected chi connectivity index (χ2v) is 6.08. The summed E-state index contributed by atoms with van der Waals surface area (Å²) >= 11 is 1.50. The van der Waals surface area contributed by atoms with Gasteiger partial charge in [0.25, 0.3) is 0 Å². The van der Waals surface area contributed by atoms with Gasteiger partial charge < -0.3 is 19.3 Å². The van der Waals surface area contributed by atoms with E-state index >= 15 is 0 Å². The molecular weight excluding hydrogens is 316 g/mol. The Bertz CT molecular complexity index is 527. The maximum atomic E-state index is 12.2. The summed E-state index contributed by atoms with van der Waals surface area (Å²) in [6, 6.07) is 7.64. The number of carbonyl (C=O) groups excluding carboxylic acids is 2. The first-order valence-corrected chi connectivity index (χ1v) is 8.59. The Hall–Kier alpha value is -1.89. The van der Waals surface area contributed by atoms with Crippen LogP contribution in [0.3, 0.4) is 0 Å². The summed E-state index contributed by atoms with van der Waals surface area (Å²) in [6.45, 7) is 4.32. The quantitative estimate of drug-likeness (QED) is 0.770. The highest BCUT2D eigenvalue weighted by molar-refractivity contribution is 8.00. The average molecular weight is 338 g/mol. The molecule has 6 nitrogen and oxygen atoms in total. The monoisotopic (exact) mass is 338 g/mol. The molecule has 126 valence electrons. The van der Waals surface area contributed by atoms with Gasteiger partial charge >= 0.3 is 6.09 Å². The number of rotatable bonds is 5. The van der Waals surface area contributed by atoms with Gasteiger partial charge in [0.2, 0.25) is 5.91 Å². The lowest BCUT2D eigenvalue weighted by molar-refractivity contribution is -0.129. The zero-order valence-corrected chi connectivity index (χ0v) is 14.3. The second-order valence-electron chi connectivity index (χ2n) is 5.03. The van der Waals surface area contributed by atoms with Crippen LogP contribution < -0.4 is 4.74 Å². The van der Waals surface area contributed by atoms with E-state index in [1.807, 2.05) is 24.3 Å². The van der Waals surface area contributed by atoms with Crippen LogP contribution >= 0.6 is 11.8 Å². The molecule has 2 amide bonds. The van der Waals surface area contributed by atoms with Crippen molar-refractivity contribution < 1.29 is 19.1 Å². The summed E-state index contributed by atoms with van der Waals surface area (Å²) in [5.74, 6) is 1.29. The first-order chi connectivity index (χ1) is 11.1. The number of methoxy groups -OCH3 is 1. The molecule has 0 aromatic heterocycles. The van der Waals surface area contributed by atoms with E-state index in [-0.39, 0.29) is 12.0 Å². The molecule has 2 rings (SSSR count). The highest BCUT2D eigenvalue weighted by Crippen LogP contribution is 2.21. The summed E-state index contributed by atoms with van der Waals surface area (Å²) in [4.78, 5) is 28.3. The Morgan fingerprint density at radius 3 is 2.26 bits per heavy atom. The third-order valence-electron chi connectivity index (χ3n) is 3.58. The molecule has 1 heterocycles. The number of thioether (sulfide) groups is 1. The highest BCUT2D eigenvalue weighted by atomic mass is 32.2. The fourth-order valence-corrected chi connectivity index (χ4v) is 3.06. The molecule has 0 radical (unpaired) electrons. The standard InChI is InChI=1S/C16H22N2O4S/c1-3-22-16(20)18-10-8-17(9-11-18)15(19)12-23-14-6-4-13(21-2)5-7-14/h4-7H,3,8-12H2,1-2H3. The highest BCUT2D eigenvalue weighted by Gasteiger charge is 2.24. The van der Waals surface area contributed by atoms with E-state index in [1.165, 1.54) is 11.8 Å². The summed E-state index contributed by atoms with van der Waals surface area (Å²) in [5.41, 5.74) is 0. The van der Waals surface area contributed by atoms with E-state index in [4.69, 9.17) is 9.47 Å². The molecule has 1 aromatic carbocycles. The number of hydrogen-bond acceptors (Lipinski definition) is 5. The molecule has 23 heavy (non-hydrogen) atoms. The topological polar surface area (TPSA) is 59.1 Å². The van der Waals surface area contributed by atoms with Gasteiger partial charge in [0.1, 0.15) is 5.75 Å².